The second-order valence-corrected chi connectivity index (χ2v) is 4.48. The number of hydrogen-bond acceptors (Lipinski definition) is 5. The largest absolute Gasteiger partial charge is 0.506 e. The Morgan fingerprint density at radius 2 is 2.44 bits per heavy atom. The molecule has 0 spiro atoms. The van der Waals surface area contributed by atoms with E-state index in [1.165, 1.54) is 18.5 Å². The molecule has 1 aliphatic heterocycles. The number of aliphatic hydroxyl groups is 1. The Balaban J connectivity index is 1.96. The van der Waals surface area contributed by atoms with Crippen LogP contribution in [0.3, 0.4) is 0 Å². The van der Waals surface area contributed by atoms with E-state index in [-0.39, 0.29) is 29.9 Å². The number of ether oxygens (including phenoxy) is 1. The number of rotatable bonds is 3. The summed E-state index contributed by atoms with van der Waals surface area (Å²) in [6, 6.07) is 1.32. The van der Waals surface area contributed by atoms with Gasteiger partial charge in [0.15, 0.2) is 0 Å². The highest BCUT2D eigenvalue weighted by Crippen LogP contribution is 2.24. The Labute approximate surface area is 105 Å². The standard InChI is InChI=1S/C12H16N2O4/c1-8-12(17,2-3-18-8)7-14-11(16)9-4-10(15)6-13-5-9/h4-6,8,15,17H,2-3,7H2,1H3,(H,14,16). The Morgan fingerprint density at radius 1 is 1.67 bits per heavy atom. The molecule has 6 heteroatoms. The van der Waals surface area contributed by atoms with E-state index in [0.29, 0.717) is 13.0 Å². The summed E-state index contributed by atoms with van der Waals surface area (Å²) in [4.78, 5) is 15.5. The highest BCUT2D eigenvalue weighted by atomic mass is 16.5. The van der Waals surface area contributed by atoms with E-state index < -0.39 is 5.60 Å². The minimum atomic E-state index is -1.03. The van der Waals surface area contributed by atoms with Crippen LogP contribution in [-0.2, 0) is 4.74 Å². The number of aromatic hydroxyl groups is 1. The molecule has 98 valence electrons. The molecule has 0 aromatic carbocycles. The minimum Gasteiger partial charge on any atom is -0.506 e. The average Bonchev–Trinajstić information content (AvgIpc) is 2.67. The van der Waals surface area contributed by atoms with E-state index in [2.05, 4.69) is 10.3 Å². The van der Waals surface area contributed by atoms with Crippen molar-refractivity contribution in [3.05, 3.63) is 24.0 Å². The third-order valence-electron chi connectivity index (χ3n) is 3.20. The van der Waals surface area contributed by atoms with Crippen LogP contribution in [0.5, 0.6) is 5.75 Å². The second kappa shape index (κ2) is 4.91. The molecule has 1 aliphatic rings. The molecular weight excluding hydrogens is 236 g/mol. The number of amides is 1. The molecule has 0 radical (unpaired) electrons. The van der Waals surface area contributed by atoms with Crippen LogP contribution < -0.4 is 5.32 Å². The SMILES string of the molecule is CC1OCCC1(O)CNC(=O)c1cncc(O)c1. The van der Waals surface area contributed by atoms with Gasteiger partial charge in [-0.1, -0.05) is 0 Å². The molecule has 2 unspecified atom stereocenters. The molecule has 2 heterocycles. The maximum absolute atomic E-state index is 11.8. The number of aromatic nitrogens is 1. The lowest BCUT2D eigenvalue weighted by Crippen LogP contribution is -2.47. The van der Waals surface area contributed by atoms with Gasteiger partial charge in [0.1, 0.15) is 11.4 Å². The summed E-state index contributed by atoms with van der Waals surface area (Å²) in [6.45, 7) is 2.37. The molecule has 1 aromatic heterocycles. The van der Waals surface area contributed by atoms with Gasteiger partial charge in [-0.15, -0.1) is 0 Å². The van der Waals surface area contributed by atoms with Crippen molar-refractivity contribution in [2.45, 2.75) is 25.0 Å². The van der Waals surface area contributed by atoms with Gasteiger partial charge in [0.25, 0.3) is 5.91 Å². The summed E-state index contributed by atoms with van der Waals surface area (Å²) in [5.41, 5.74) is -0.773. The van der Waals surface area contributed by atoms with Gasteiger partial charge < -0.3 is 20.3 Å². The molecule has 0 bridgehead atoms. The van der Waals surface area contributed by atoms with Gasteiger partial charge in [-0.2, -0.15) is 0 Å². The average molecular weight is 252 g/mol. The molecule has 1 saturated heterocycles. The van der Waals surface area contributed by atoms with Gasteiger partial charge in [-0.05, 0) is 13.0 Å². The molecule has 0 saturated carbocycles. The van der Waals surface area contributed by atoms with Crippen LogP contribution in [-0.4, -0.2) is 46.0 Å². The smallest absolute Gasteiger partial charge is 0.253 e. The van der Waals surface area contributed by atoms with Crippen molar-refractivity contribution >= 4 is 5.91 Å². The fourth-order valence-electron chi connectivity index (χ4n) is 1.89. The second-order valence-electron chi connectivity index (χ2n) is 4.48. The molecular formula is C12H16N2O4. The molecule has 2 rings (SSSR count). The fraction of sp³-hybridized carbons (Fsp3) is 0.500. The van der Waals surface area contributed by atoms with E-state index in [1.54, 1.807) is 6.92 Å². The van der Waals surface area contributed by atoms with Crippen molar-refractivity contribution in [3.63, 3.8) is 0 Å². The van der Waals surface area contributed by atoms with E-state index in [0.717, 1.165) is 0 Å². The number of pyridine rings is 1. The van der Waals surface area contributed by atoms with E-state index in [9.17, 15) is 15.0 Å². The van der Waals surface area contributed by atoms with Crippen molar-refractivity contribution in [2.75, 3.05) is 13.2 Å². The number of nitrogens with zero attached hydrogens (tertiary/aromatic N) is 1. The monoisotopic (exact) mass is 252 g/mol. The lowest BCUT2D eigenvalue weighted by atomic mass is 9.96. The fourth-order valence-corrected chi connectivity index (χ4v) is 1.89. The molecule has 1 aromatic rings. The molecule has 0 aliphatic carbocycles. The van der Waals surface area contributed by atoms with Crippen molar-refractivity contribution < 1.29 is 19.7 Å². The van der Waals surface area contributed by atoms with Crippen molar-refractivity contribution in [3.8, 4) is 5.75 Å². The van der Waals surface area contributed by atoms with Gasteiger partial charge in [0.2, 0.25) is 0 Å². The zero-order valence-electron chi connectivity index (χ0n) is 10.1. The normalized spacial score (nSPS) is 27.1. The Hall–Kier alpha value is -1.66. The predicted molar refractivity (Wildman–Crippen MR) is 63.2 cm³/mol. The maximum atomic E-state index is 11.8. The summed E-state index contributed by atoms with van der Waals surface area (Å²) in [5, 5.41) is 22.0. The summed E-state index contributed by atoms with van der Waals surface area (Å²) in [7, 11) is 0. The van der Waals surface area contributed by atoms with Crippen LogP contribution in [0, 0.1) is 0 Å². The molecule has 2 atom stereocenters. The summed E-state index contributed by atoms with van der Waals surface area (Å²) in [5.74, 6) is -0.454. The molecule has 6 nitrogen and oxygen atoms in total. The molecule has 1 fully saturated rings. The first kappa shape index (κ1) is 12.8. The molecule has 18 heavy (non-hydrogen) atoms. The number of carbonyl (C=O) groups is 1. The van der Waals surface area contributed by atoms with Gasteiger partial charge >= 0.3 is 0 Å². The van der Waals surface area contributed by atoms with E-state index in [4.69, 9.17) is 4.74 Å². The number of hydrogen-bond donors (Lipinski definition) is 3. The van der Waals surface area contributed by atoms with Crippen molar-refractivity contribution in [2.24, 2.45) is 0 Å². The first-order valence-electron chi connectivity index (χ1n) is 5.77. The third kappa shape index (κ3) is 2.60. The van der Waals surface area contributed by atoms with Crippen molar-refractivity contribution in [1.82, 2.24) is 10.3 Å². The lowest BCUT2D eigenvalue weighted by Gasteiger charge is -2.26. The van der Waals surface area contributed by atoms with Gasteiger partial charge in [0, 0.05) is 25.8 Å². The van der Waals surface area contributed by atoms with Crippen LogP contribution in [0.2, 0.25) is 0 Å². The Kier molecular flexibility index (Phi) is 3.49. The maximum Gasteiger partial charge on any atom is 0.253 e. The highest BCUT2D eigenvalue weighted by Gasteiger charge is 2.39. The first-order chi connectivity index (χ1) is 8.51. The lowest BCUT2D eigenvalue weighted by molar-refractivity contribution is -0.0251. The summed E-state index contributed by atoms with van der Waals surface area (Å²) < 4.78 is 5.27. The molecule has 1 amide bonds. The van der Waals surface area contributed by atoms with Crippen molar-refractivity contribution in [1.29, 1.82) is 0 Å². The van der Waals surface area contributed by atoms with Gasteiger partial charge in [-0.3, -0.25) is 9.78 Å². The molecule has 3 N–H and O–H groups in total. The van der Waals surface area contributed by atoms with Crippen LogP contribution in [0.25, 0.3) is 0 Å². The van der Waals surface area contributed by atoms with Crippen LogP contribution in [0.4, 0.5) is 0 Å². The summed E-state index contributed by atoms with van der Waals surface area (Å²) in [6.07, 6.45) is 2.79. The summed E-state index contributed by atoms with van der Waals surface area (Å²) >= 11 is 0. The van der Waals surface area contributed by atoms with Crippen LogP contribution in [0.1, 0.15) is 23.7 Å². The van der Waals surface area contributed by atoms with E-state index in [1.807, 2.05) is 0 Å². The third-order valence-corrected chi connectivity index (χ3v) is 3.20. The Bertz CT molecular complexity index is 451. The quantitative estimate of drug-likeness (QED) is 0.707. The topological polar surface area (TPSA) is 91.7 Å². The first-order valence-corrected chi connectivity index (χ1v) is 5.77. The zero-order valence-corrected chi connectivity index (χ0v) is 10.1. The number of carbonyl (C=O) groups excluding carboxylic acids is 1. The predicted octanol–water partition coefficient (Wildman–Crippen LogP) is 0.0569. The highest BCUT2D eigenvalue weighted by molar-refractivity contribution is 5.94. The Morgan fingerprint density at radius 3 is 3.06 bits per heavy atom. The van der Waals surface area contributed by atoms with Gasteiger partial charge in [0.05, 0.1) is 17.9 Å². The minimum absolute atomic E-state index is 0.0704. The van der Waals surface area contributed by atoms with Crippen LogP contribution in [0.15, 0.2) is 18.5 Å². The van der Waals surface area contributed by atoms with Crippen LogP contribution >= 0.6 is 0 Å². The van der Waals surface area contributed by atoms with E-state index >= 15 is 0 Å². The zero-order chi connectivity index (χ0) is 13.2. The number of nitrogens with one attached hydrogen (secondary N) is 1. The van der Waals surface area contributed by atoms with Gasteiger partial charge in [-0.25, -0.2) is 0 Å².